The van der Waals surface area contributed by atoms with Gasteiger partial charge in [-0.05, 0) is 73.0 Å². The van der Waals surface area contributed by atoms with E-state index in [4.69, 9.17) is 45.3 Å². The van der Waals surface area contributed by atoms with Crippen LogP contribution < -0.4 is 15.4 Å². The first-order valence-corrected chi connectivity index (χ1v) is 14.6. The monoisotopic (exact) mass is 580 g/mol. The molecule has 5 fully saturated rings. The van der Waals surface area contributed by atoms with Crippen molar-refractivity contribution < 1.29 is 23.4 Å². The van der Waals surface area contributed by atoms with Crippen LogP contribution in [0.2, 0.25) is 15.1 Å². The van der Waals surface area contributed by atoms with Gasteiger partial charge in [0.15, 0.2) is 0 Å². The fraction of sp³-hybridized carbons (Fsp3) is 0.652. The average molecular weight is 582 g/mol. The van der Waals surface area contributed by atoms with E-state index in [-0.39, 0.29) is 65.1 Å². The van der Waals surface area contributed by atoms with Gasteiger partial charge in [0.2, 0.25) is 11.8 Å². The van der Waals surface area contributed by atoms with Crippen LogP contribution in [0.4, 0.5) is 5.69 Å². The Morgan fingerprint density at radius 1 is 1.14 bits per heavy atom. The van der Waals surface area contributed by atoms with Gasteiger partial charge in [0, 0.05) is 30.1 Å². The minimum absolute atomic E-state index is 0.0532. The molecule has 4 saturated carbocycles. The number of rotatable bonds is 6. The summed E-state index contributed by atoms with van der Waals surface area (Å²) in [7, 11) is -2.12. The molecule has 1 saturated heterocycles. The molecule has 3 unspecified atom stereocenters. The Kier molecular flexibility index (Phi) is 7.13. The van der Waals surface area contributed by atoms with E-state index in [0.29, 0.717) is 23.8 Å². The molecule has 0 aromatic heterocycles. The molecule has 13 heteroatoms. The van der Waals surface area contributed by atoms with Crippen molar-refractivity contribution in [2.75, 3.05) is 31.0 Å². The van der Waals surface area contributed by atoms with Crippen molar-refractivity contribution in [2.45, 2.75) is 44.2 Å². The predicted molar refractivity (Wildman–Crippen MR) is 141 cm³/mol. The van der Waals surface area contributed by atoms with E-state index < -0.39 is 22.5 Å². The van der Waals surface area contributed by atoms with Crippen molar-refractivity contribution in [1.29, 1.82) is 0 Å². The summed E-state index contributed by atoms with van der Waals surface area (Å²) in [5, 5.41) is 3.78. The summed E-state index contributed by atoms with van der Waals surface area (Å²) in [4.78, 5) is 25.5. The van der Waals surface area contributed by atoms with Crippen molar-refractivity contribution in [2.24, 2.45) is 28.9 Å². The molecule has 2 amide bonds. The number of benzene rings is 1. The number of anilines is 1. The van der Waals surface area contributed by atoms with E-state index in [1.807, 2.05) is 0 Å². The van der Waals surface area contributed by atoms with Crippen LogP contribution in [0.15, 0.2) is 12.1 Å². The van der Waals surface area contributed by atoms with Gasteiger partial charge in [0.25, 0.3) is 0 Å². The maximum atomic E-state index is 13.2. The lowest BCUT2D eigenvalue weighted by Crippen LogP contribution is -2.63. The summed E-state index contributed by atoms with van der Waals surface area (Å²) in [5.41, 5.74) is 5.55. The molecule has 5 N–H and O–H groups in total. The Balaban J connectivity index is 1.33. The highest BCUT2D eigenvalue weighted by molar-refractivity contribution is 8.23. The van der Waals surface area contributed by atoms with Gasteiger partial charge < -0.3 is 15.8 Å². The molecule has 1 aromatic rings. The van der Waals surface area contributed by atoms with Crippen LogP contribution in [0.3, 0.4) is 0 Å². The zero-order valence-electron chi connectivity index (χ0n) is 19.8. The van der Waals surface area contributed by atoms with Crippen LogP contribution in [0, 0.1) is 23.2 Å². The largest absolute Gasteiger partial charge is 0.378 e. The van der Waals surface area contributed by atoms with Gasteiger partial charge >= 0.3 is 0 Å². The molecule has 1 aromatic carbocycles. The number of nitrogens with one attached hydrogen (secondary N) is 1. The standard InChI is InChI=1S/C23H31Cl3N4O5S/c1-35-16-9-29(36(33,34)30(10-16)21-17(25)4-15(24)5-18(21)26)11-19(31)28-20-13-2-12-3-14(20)8-23(6-12,7-13)22(27)32/h4-5,12-14,16,20,33-34H,2-3,6-11H2,1H3,(H2,27,32)(H,28,31). The highest BCUT2D eigenvalue weighted by Gasteiger charge is 2.58. The van der Waals surface area contributed by atoms with Gasteiger partial charge in [-0.3, -0.25) is 23.0 Å². The lowest BCUT2D eigenvalue weighted by Gasteiger charge is -2.59. The maximum Gasteiger partial charge on any atom is 0.236 e. The summed E-state index contributed by atoms with van der Waals surface area (Å²) >= 11 is 18.8. The molecule has 200 valence electrons. The maximum absolute atomic E-state index is 13.2. The lowest BCUT2D eigenvalue weighted by atomic mass is 9.47. The zero-order valence-corrected chi connectivity index (χ0v) is 22.9. The quantitative estimate of drug-likeness (QED) is 0.397. The Hall–Kier alpha value is -0.980. The molecular weight excluding hydrogens is 551 g/mol. The Morgan fingerprint density at radius 2 is 1.75 bits per heavy atom. The second kappa shape index (κ2) is 9.64. The van der Waals surface area contributed by atoms with Crippen LogP contribution in [-0.4, -0.2) is 64.1 Å². The summed E-state index contributed by atoms with van der Waals surface area (Å²) in [6, 6.07) is 2.89. The first kappa shape index (κ1) is 26.6. The number of ether oxygens (including phenoxy) is 1. The summed E-state index contributed by atoms with van der Waals surface area (Å²) in [5.74, 6) is 0.334. The van der Waals surface area contributed by atoms with Gasteiger partial charge in [0.05, 0.1) is 34.9 Å². The second-order valence-electron chi connectivity index (χ2n) is 10.7. The molecule has 0 spiro atoms. The van der Waals surface area contributed by atoms with Crippen LogP contribution in [0.1, 0.15) is 32.1 Å². The highest BCUT2D eigenvalue weighted by atomic mass is 35.5. The topological polar surface area (TPSA) is 128 Å². The first-order valence-electron chi connectivity index (χ1n) is 12.0. The zero-order chi connectivity index (χ0) is 26.0. The molecule has 6 rings (SSSR count). The highest BCUT2D eigenvalue weighted by Crippen LogP contribution is 2.60. The van der Waals surface area contributed by atoms with E-state index in [2.05, 4.69) is 5.32 Å². The first-order chi connectivity index (χ1) is 16.9. The number of carbonyl (C=O) groups excluding carboxylic acids is 2. The minimum Gasteiger partial charge on any atom is -0.378 e. The summed E-state index contributed by atoms with van der Waals surface area (Å²) < 4.78 is 30.7. The molecule has 1 aliphatic heterocycles. The lowest BCUT2D eigenvalue weighted by molar-refractivity contribution is -0.147. The fourth-order valence-corrected chi connectivity index (χ4v) is 9.91. The van der Waals surface area contributed by atoms with Crippen molar-refractivity contribution in [3.05, 3.63) is 27.2 Å². The number of primary amides is 1. The van der Waals surface area contributed by atoms with Gasteiger partial charge in [-0.1, -0.05) is 34.8 Å². The predicted octanol–water partition coefficient (Wildman–Crippen LogP) is 4.16. The number of amides is 2. The third-order valence-electron chi connectivity index (χ3n) is 8.43. The van der Waals surface area contributed by atoms with E-state index >= 15 is 0 Å². The van der Waals surface area contributed by atoms with Gasteiger partial charge in [-0.2, -0.15) is 4.31 Å². The number of nitrogens with zero attached hydrogens (tertiary/aromatic N) is 2. The number of hydrogen-bond donors (Lipinski definition) is 4. The van der Waals surface area contributed by atoms with Crippen molar-refractivity contribution in [3.63, 3.8) is 0 Å². The number of hydrogen-bond acceptors (Lipinski definition) is 7. The van der Waals surface area contributed by atoms with Crippen LogP contribution in [0.5, 0.6) is 0 Å². The van der Waals surface area contributed by atoms with E-state index in [1.54, 1.807) is 0 Å². The SMILES string of the molecule is COC1CN(CC(=O)NC2C3CC4CC2CC(C(N)=O)(C4)C3)S(O)(O)N(c2c(Cl)cc(Cl)cc2Cl)C1. The Morgan fingerprint density at radius 3 is 2.31 bits per heavy atom. The Bertz CT molecular complexity index is 1040. The molecule has 36 heavy (non-hydrogen) atoms. The van der Waals surface area contributed by atoms with E-state index in [1.165, 1.54) is 27.9 Å². The number of nitrogens with two attached hydrogens (primary N) is 1. The van der Waals surface area contributed by atoms with Crippen LogP contribution in [0.25, 0.3) is 0 Å². The molecule has 1 heterocycles. The van der Waals surface area contributed by atoms with E-state index in [9.17, 15) is 18.7 Å². The minimum atomic E-state index is -3.64. The van der Waals surface area contributed by atoms with Crippen molar-refractivity contribution in [3.8, 4) is 0 Å². The van der Waals surface area contributed by atoms with Gasteiger partial charge in [-0.25, -0.2) is 0 Å². The molecule has 9 nitrogen and oxygen atoms in total. The third kappa shape index (κ3) is 4.58. The van der Waals surface area contributed by atoms with E-state index in [0.717, 1.165) is 19.3 Å². The molecule has 4 aliphatic carbocycles. The number of carbonyl (C=O) groups is 2. The summed E-state index contributed by atoms with van der Waals surface area (Å²) in [6.45, 7) is -0.000790. The molecular formula is C23H31Cl3N4O5S. The van der Waals surface area contributed by atoms with Gasteiger partial charge in [0.1, 0.15) is 0 Å². The molecule has 3 atom stereocenters. The number of halogens is 3. The van der Waals surface area contributed by atoms with Crippen molar-refractivity contribution >= 4 is 63.3 Å². The Labute approximate surface area is 227 Å². The normalized spacial score (nSPS) is 36.1. The van der Waals surface area contributed by atoms with Crippen molar-refractivity contribution in [1.82, 2.24) is 9.62 Å². The second-order valence-corrected chi connectivity index (χ2v) is 13.8. The number of methoxy groups -OCH3 is 1. The molecule has 5 aliphatic rings. The molecule has 0 radical (unpaired) electrons. The molecule has 4 bridgehead atoms. The third-order valence-corrected chi connectivity index (χ3v) is 11.1. The van der Waals surface area contributed by atoms with Crippen LogP contribution in [-0.2, 0) is 14.3 Å². The van der Waals surface area contributed by atoms with Crippen LogP contribution >= 0.6 is 45.8 Å². The smallest absolute Gasteiger partial charge is 0.236 e. The summed E-state index contributed by atoms with van der Waals surface area (Å²) in [6.07, 6.45) is 3.77. The van der Waals surface area contributed by atoms with Gasteiger partial charge in [-0.15, -0.1) is 0 Å². The fourth-order valence-electron chi connectivity index (χ4n) is 7.05. The average Bonchev–Trinajstić information content (AvgIpc) is 2.77.